The molecule has 1 amide bonds. The predicted octanol–water partition coefficient (Wildman–Crippen LogP) is 2.85. The number of nitrogens with one attached hydrogen (secondary N) is 2. The van der Waals surface area contributed by atoms with Crippen molar-refractivity contribution in [1.82, 2.24) is 14.9 Å². The molecule has 1 heterocycles. The average Bonchev–Trinajstić information content (AvgIpc) is 2.62. The third-order valence-electron chi connectivity index (χ3n) is 5.45. The molecule has 29 heavy (non-hydrogen) atoms. The highest BCUT2D eigenvalue weighted by atomic mass is 32.2. The highest BCUT2D eigenvalue weighted by Crippen LogP contribution is 2.21. The molecule has 0 aromatic heterocycles. The van der Waals surface area contributed by atoms with Crippen LogP contribution in [0, 0.1) is 25.7 Å². The summed E-state index contributed by atoms with van der Waals surface area (Å²) >= 11 is 0. The van der Waals surface area contributed by atoms with Gasteiger partial charge in [0, 0.05) is 32.6 Å². The van der Waals surface area contributed by atoms with Crippen molar-refractivity contribution in [1.29, 1.82) is 0 Å². The fourth-order valence-electron chi connectivity index (χ4n) is 4.12. The van der Waals surface area contributed by atoms with Crippen molar-refractivity contribution in [2.24, 2.45) is 11.8 Å². The number of likely N-dealkylation sites (tertiary alicyclic amines) is 1. The lowest BCUT2D eigenvalue weighted by Gasteiger charge is -2.34. The van der Waals surface area contributed by atoms with Crippen LogP contribution in [0.2, 0.25) is 0 Å². The van der Waals surface area contributed by atoms with Crippen LogP contribution >= 0.6 is 0 Å². The molecule has 0 bridgehead atoms. The van der Waals surface area contributed by atoms with Crippen LogP contribution in [0.3, 0.4) is 0 Å². The Morgan fingerprint density at radius 1 is 1.10 bits per heavy atom. The quantitative estimate of drug-likeness (QED) is 0.567. The molecule has 7 heteroatoms. The lowest BCUT2D eigenvalue weighted by molar-refractivity contribution is -0.120. The lowest BCUT2D eigenvalue weighted by atomic mass is 9.92. The second-order valence-corrected chi connectivity index (χ2v) is 10.4. The minimum atomic E-state index is -3.60. The highest BCUT2D eigenvalue weighted by molar-refractivity contribution is 7.89. The average molecular weight is 424 g/mol. The van der Waals surface area contributed by atoms with Gasteiger partial charge in [-0.3, -0.25) is 4.79 Å². The zero-order chi connectivity index (χ0) is 21.4. The number of carbonyl (C=O) groups excluding carboxylic acids is 1. The summed E-state index contributed by atoms with van der Waals surface area (Å²) in [6, 6.07) is 5.33. The summed E-state index contributed by atoms with van der Waals surface area (Å²) in [4.78, 5) is 14.8. The molecule has 1 fully saturated rings. The highest BCUT2D eigenvalue weighted by Gasteiger charge is 2.21. The topological polar surface area (TPSA) is 78.5 Å². The molecule has 2 N–H and O–H groups in total. The van der Waals surface area contributed by atoms with Gasteiger partial charge in [-0.1, -0.05) is 26.0 Å². The maximum Gasteiger partial charge on any atom is 0.240 e. The van der Waals surface area contributed by atoms with Crippen LogP contribution in [0.5, 0.6) is 0 Å². The Labute approximate surface area is 176 Å². The first kappa shape index (κ1) is 23.8. The number of rotatable bonds is 10. The maximum absolute atomic E-state index is 12.4. The molecule has 0 radical (unpaired) electrons. The fourth-order valence-corrected chi connectivity index (χ4v) is 5.48. The second-order valence-electron chi connectivity index (χ2n) is 8.68. The number of sulfonamides is 1. The number of benzene rings is 1. The summed E-state index contributed by atoms with van der Waals surface area (Å²) in [5.41, 5.74) is 1.59. The standard InChI is InChI=1S/C22H37N3O3S/c1-17-7-8-20(4)21(14-17)29(27,28)24-11-9-22(26)23-10-5-6-12-25-15-18(2)13-19(3)16-25/h7-8,14,18-19,24H,5-6,9-13,15-16H2,1-4H3,(H,23,26). The summed E-state index contributed by atoms with van der Waals surface area (Å²) < 4.78 is 27.4. The molecular weight excluding hydrogens is 386 g/mol. The van der Waals surface area contributed by atoms with Gasteiger partial charge in [-0.15, -0.1) is 0 Å². The van der Waals surface area contributed by atoms with E-state index in [-0.39, 0.29) is 23.8 Å². The minimum Gasteiger partial charge on any atom is -0.356 e. The van der Waals surface area contributed by atoms with E-state index in [1.807, 2.05) is 13.0 Å². The van der Waals surface area contributed by atoms with E-state index in [0.29, 0.717) is 12.1 Å². The van der Waals surface area contributed by atoms with E-state index in [2.05, 4.69) is 28.8 Å². The monoisotopic (exact) mass is 423 g/mol. The molecule has 2 atom stereocenters. The number of unbranched alkanes of at least 4 members (excludes halogenated alkanes) is 1. The van der Waals surface area contributed by atoms with Gasteiger partial charge in [0.05, 0.1) is 4.90 Å². The van der Waals surface area contributed by atoms with Gasteiger partial charge in [-0.2, -0.15) is 0 Å². The van der Waals surface area contributed by atoms with Gasteiger partial charge in [-0.25, -0.2) is 13.1 Å². The van der Waals surface area contributed by atoms with Crippen molar-refractivity contribution in [3.05, 3.63) is 29.3 Å². The molecule has 1 aliphatic heterocycles. The lowest BCUT2D eigenvalue weighted by Crippen LogP contribution is -2.39. The Hall–Kier alpha value is -1.44. The van der Waals surface area contributed by atoms with Crippen LogP contribution < -0.4 is 10.0 Å². The van der Waals surface area contributed by atoms with Crippen LogP contribution in [0.15, 0.2) is 23.1 Å². The molecule has 1 aliphatic rings. The van der Waals surface area contributed by atoms with Crippen molar-refractivity contribution in [2.75, 3.05) is 32.7 Å². The third-order valence-corrected chi connectivity index (χ3v) is 7.05. The molecular formula is C22H37N3O3S. The SMILES string of the molecule is Cc1ccc(C)c(S(=O)(=O)NCCC(=O)NCCCCN2CC(C)CC(C)C2)c1. The van der Waals surface area contributed by atoms with Gasteiger partial charge >= 0.3 is 0 Å². The zero-order valence-corrected chi connectivity index (χ0v) is 19.1. The fraction of sp³-hybridized carbons (Fsp3) is 0.682. The maximum atomic E-state index is 12.4. The summed E-state index contributed by atoms with van der Waals surface area (Å²) in [5, 5.41) is 2.89. The molecule has 1 saturated heterocycles. The van der Waals surface area contributed by atoms with E-state index in [1.54, 1.807) is 19.1 Å². The van der Waals surface area contributed by atoms with E-state index < -0.39 is 10.0 Å². The van der Waals surface area contributed by atoms with E-state index >= 15 is 0 Å². The first-order chi connectivity index (χ1) is 13.7. The normalized spacial score (nSPS) is 20.6. The molecule has 1 aromatic rings. The van der Waals surface area contributed by atoms with Crippen LogP contribution in [-0.2, 0) is 14.8 Å². The zero-order valence-electron chi connectivity index (χ0n) is 18.3. The number of nitrogens with zero attached hydrogens (tertiary/aromatic N) is 1. The van der Waals surface area contributed by atoms with Crippen molar-refractivity contribution < 1.29 is 13.2 Å². The van der Waals surface area contributed by atoms with Gasteiger partial charge < -0.3 is 10.2 Å². The predicted molar refractivity (Wildman–Crippen MR) is 117 cm³/mol. The molecule has 164 valence electrons. The summed E-state index contributed by atoms with van der Waals surface area (Å²) in [5.74, 6) is 1.42. The number of hydrogen-bond donors (Lipinski definition) is 2. The van der Waals surface area contributed by atoms with E-state index in [4.69, 9.17) is 0 Å². The number of amides is 1. The number of hydrogen-bond acceptors (Lipinski definition) is 4. The molecule has 2 rings (SSSR count). The number of aryl methyl sites for hydroxylation is 2. The van der Waals surface area contributed by atoms with Gasteiger partial charge in [0.2, 0.25) is 15.9 Å². The second kappa shape index (κ2) is 11.1. The Morgan fingerprint density at radius 3 is 2.48 bits per heavy atom. The summed E-state index contributed by atoms with van der Waals surface area (Å²) in [6.45, 7) is 12.4. The molecule has 0 aliphatic carbocycles. The van der Waals surface area contributed by atoms with Gasteiger partial charge in [0.15, 0.2) is 0 Å². The molecule has 0 spiro atoms. The Balaban J connectivity index is 1.62. The van der Waals surface area contributed by atoms with E-state index in [1.165, 1.54) is 19.5 Å². The Bertz CT molecular complexity index is 770. The summed E-state index contributed by atoms with van der Waals surface area (Å²) in [7, 11) is -3.60. The van der Waals surface area contributed by atoms with Crippen molar-refractivity contribution in [3.63, 3.8) is 0 Å². The van der Waals surface area contributed by atoms with Crippen LogP contribution in [0.4, 0.5) is 0 Å². The van der Waals surface area contributed by atoms with Crippen molar-refractivity contribution >= 4 is 15.9 Å². The third kappa shape index (κ3) is 8.07. The minimum absolute atomic E-state index is 0.102. The molecule has 1 aromatic carbocycles. The Morgan fingerprint density at radius 2 is 1.79 bits per heavy atom. The van der Waals surface area contributed by atoms with E-state index in [9.17, 15) is 13.2 Å². The van der Waals surface area contributed by atoms with Gasteiger partial charge in [0.1, 0.15) is 0 Å². The van der Waals surface area contributed by atoms with Crippen LogP contribution in [0.25, 0.3) is 0 Å². The van der Waals surface area contributed by atoms with Crippen LogP contribution in [-0.4, -0.2) is 51.9 Å². The summed E-state index contributed by atoms with van der Waals surface area (Å²) in [6.07, 6.45) is 3.48. The molecule has 6 nitrogen and oxygen atoms in total. The Kier molecular flexibility index (Phi) is 9.11. The van der Waals surface area contributed by atoms with E-state index in [0.717, 1.165) is 36.8 Å². The molecule has 2 unspecified atom stereocenters. The van der Waals surface area contributed by atoms with Gasteiger partial charge in [-0.05, 0) is 68.7 Å². The first-order valence-corrected chi connectivity index (χ1v) is 12.2. The number of piperidine rings is 1. The largest absolute Gasteiger partial charge is 0.356 e. The number of carbonyl (C=O) groups is 1. The van der Waals surface area contributed by atoms with Crippen molar-refractivity contribution in [3.8, 4) is 0 Å². The first-order valence-electron chi connectivity index (χ1n) is 10.7. The van der Waals surface area contributed by atoms with Gasteiger partial charge in [0.25, 0.3) is 0 Å². The van der Waals surface area contributed by atoms with Crippen LogP contribution in [0.1, 0.15) is 50.7 Å². The van der Waals surface area contributed by atoms with Crippen molar-refractivity contribution in [2.45, 2.75) is 58.3 Å². The molecule has 0 saturated carbocycles. The smallest absolute Gasteiger partial charge is 0.240 e.